The SMILES string of the molecule is CC[C@H]1CN(c2cc(C(F)(F)CC)cc(-c3ccnc4c3[C@H](C(F)F)OC(=O)N4)n2)CCN1. The van der Waals surface area contributed by atoms with Crippen molar-refractivity contribution in [3.8, 4) is 11.3 Å². The summed E-state index contributed by atoms with van der Waals surface area (Å²) >= 11 is 0. The van der Waals surface area contributed by atoms with Gasteiger partial charge in [-0.25, -0.2) is 32.3 Å². The number of anilines is 2. The van der Waals surface area contributed by atoms with Crippen molar-refractivity contribution >= 4 is 17.7 Å². The molecule has 1 amide bonds. The molecular weight excluding hydrogens is 442 g/mol. The molecule has 11 heteroatoms. The lowest BCUT2D eigenvalue weighted by molar-refractivity contribution is -0.0168. The highest BCUT2D eigenvalue weighted by molar-refractivity contribution is 5.89. The van der Waals surface area contributed by atoms with E-state index in [1.54, 1.807) is 0 Å². The summed E-state index contributed by atoms with van der Waals surface area (Å²) in [5, 5.41) is 5.67. The van der Waals surface area contributed by atoms with Gasteiger partial charge in [-0.2, -0.15) is 0 Å². The number of pyridine rings is 2. The number of piperazine rings is 1. The maximum Gasteiger partial charge on any atom is 0.413 e. The van der Waals surface area contributed by atoms with Gasteiger partial charge in [0.1, 0.15) is 11.6 Å². The summed E-state index contributed by atoms with van der Waals surface area (Å²) in [5.74, 6) is -2.89. The Labute approximate surface area is 188 Å². The maximum atomic E-state index is 14.8. The van der Waals surface area contributed by atoms with Crippen LogP contribution in [-0.2, 0) is 10.7 Å². The number of alkyl halides is 4. The molecule has 1 saturated heterocycles. The first-order chi connectivity index (χ1) is 15.7. The predicted octanol–water partition coefficient (Wildman–Crippen LogP) is 4.70. The minimum absolute atomic E-state index is 0.0886. The third-order valence-corrected chi connectivity index (χ3v) is 5.98. The van der Waals surface area contributed by atoms with Crippen molar-refractivity contribution in [3.63, 3.8) is 0 Å². The topological polar surface area (TPSA) is 79.4 Å². The van der Waals surface area contributed by atoms with E-state index in [-0.39, 0.29) is 34.2 Å². The van der Waals surface area contributed by atoms with Gasteiger partial charge in [0.25, 0.3) is 12.3 Å². The Morgan fingerprint density at radius 1 is 1.30 bits per heavy atom. The molecule has 0 aromatic carbocycles. The van der Waals surface area contributed by atoms with E-state index in [4.69, 9.17) is 4.74 Å². The number of amides is 1. The van der Waals surface area contributed by atoms with E-state index in [9.17, 15) is 22.4 Å². The number of halogens is 4. The maximum absolute atomic E-state index is 14.8. The van der Waals surface area contributed by atoms with E-state index in [1.165, 1.54) is 31.3 Å². The zero-order valence-electron chi connectivity index (χ0n) is 18.2. The second-order valence-corrected chi connectivity index (χ2v) is 8.07. The Kier molecular flexibility index (Phi) is 6.42. The Balaban J connectivity index is 1.87. The first-order valence-corrected chi connectivity index (χ1v) is 10.9. The molecular formula is C22H25F4N5O2. The van der Waals surface area contributed by atoms with E-state index in [1.807, 2.05) is 11.8 Å². The largest absolute Gasteiger partial charge is 0.435 e. The summed E-state index contributed by atoms with van der Waals surface area (Å²) in [5.41, 5.74) is -0.0977. The molecule has 4 heterocycles. The highest BCUT2D eigenvalue weighted by atomic mass is 19.3. The van der Waals surface area contributed by atoms with Crippen molar-refractivity contribution in [2.24, 2.45) is 0 Å². The van der Waals surface area contributed by atoms with Crippen molar-refractivity contribution in [2.75, 3.05) is 29.9 Å². The molecule has 4 rings (SSSR count). The molecule has 178 valence electrons. The Hall–Kier alpha value is -2.95. The lowest BCUT2D eigenvalue weighted by Gasteiger charge is -2.35. The smallest absolute Gasteiger partial charge is 0.413 e. The van der Waals surface area contributed by atoms with Gasteiger partial charge in [0, 0.05) is 49.4 Å². The molecule has 2 aromatic heterocycles. The standard InChI is InChI=1S/C22H25F4N5O2/c1-3-13-11-31(8-7-27-13)16-10-12(22(25,26)4-2)9-15(29-16)14-5-6-28-20-17(14)18(19(23)24)33-21(32)30-20/h5-6,9-10,13,18-19,27H,3-4,7-8,11H2,1-2H3,(H,28,30,32)/t13-,18+/m0/s1. The van der Waals surface area contributed by atoms with Crippen molar-refractivity contribution in [1.82, 2.24) is 15.3 Å². The van der Waals surface area contributed by atoms with Crippen LogP contribution in [0.5, 0.6) is 0 Å². The van der Waals surface area contributed by atoms with Crippen molar-refractivity contribution in [2.45, 2.75) is 51.2 Å². The third-order valence-electron chi connectivity index (χ3n) is 5.98. The fraction of sp³-hybridized carbons (Fsp3) is 0.500. The molecule has 0 radical (unpaired) electrons. The summed E-state index contributed by atoms with van der Waals surface area (Å²) < 4.78 is 61.9. The van der Waals surface area contributed by atoms with Gasteiger partial charge in [0.15, 0.2) is 6.10 Å². The number of aromatic nitrogens is 2. The first kappa shape index (κ1) is 23.2. The van der Waals surface area contributed by atoms with E-state index in [0.717, 1.165) is 6.42 Å². The minimum Gasteiger partial charge on any atom is -0.435 e. The molecule has 0 bridgehead atoms. The lowest BCUT2D eigenvalue weighted by Crippen LogP contribution is -2.50. The minimum atomic E-state index is -3.13. The average Bonchev–Trinajstić information content (AvgIpc) is 2.82. The van der Waals surface area contributed by atoms with Gasteiger partial charge in [-0.1, -0.05) is 13.8 Å². The molecule has 0 saturated carbocycles. The molecule has 2 N–H and O–H groups in total. The molecule has 7 nitrogen and oxygen atoms in total. The highest BCUT2D eigenvalue weighted by Crippen LogP contribution is 2.42. The molecule has 2 atom stereocenters. The van der Waals surface area contributed by atoms with E-state index < -0.39 is 31.0 Å². The van der Waals surface area contributed by atoms with Gasteiger partial charge in [0.2, 0.25) is 0 Å². The number of nitrogens with one attached hydrogen (secondary N) is 2. The van der Waals surface area contributed by atoms with Crippen LogP contribution in [0, 0.1) is 0 Å². The van der Waals surface area contributed by atoms with Crippen LogP contribution in [0.3, 0.4) is 0 Å². The lowest BCUT2D eigenvalue weighted by atomic mass is 9.97. The van der Waals surface area contributed by atoms with E-state index in [2.05, 4.69) is 20.6 Å². The quantitative estimate of drug-likeness (QED) is 0.600. The van der Waals surface area contributed by atoms with Crippen LogP contribution >= 0.6 is 0 Å². The van der Waals surface area contributed by atoms with Gasteiger partial charge in [0.05, 0.1) is 11.3 Å². The van der Waals surface area contributed by atoms with Crippen molar-refractivity contribution < 1.29 is 27.1 Å². The summed E-state index contributed by atoms with van der Waals surface area (Å²) in [6.45, 7) is 5.22. The normalized spacial score (nSPS) is 20.9. The molecule has 2 aliphatic rings. The second-order valence-electron chi connectivity index (χ2n) is 8.07. The van der Waals surface area contributed by atoms with Crippen LogP contribution in [0.4, 0.5) is 34.0 Å². The van der Waals surface area contributed by atoms with E-state index >= 15 is 0 Å². The summed E-state index contributed by atoms with van der Waals surface area (Å²) in [6, 6.07) is 4.17. The zero-order chi connectivity index (χ0) is 23.8. The number of nitrogens with zero attached hydrogens (tertiary/aromatic N) is 3. The molecule has 1 fully saturated rings. The number of carbonyl (C=O) groups is 1. The Morgan fingerprint density at radius 3 is 2.79 bits per heavy atom. The van der Waals surface area contributed by atoms with Crippen LogP contribution in [-0.4, -0.2) is 48.2 Å². The van der Waals surface area contributed by atoms with Crippen molar-refractivity contribution in [3.05, 3.63) is 35.5 Å². The Bertz CT molecular complexity index is 1040. The summed E-state index contributed by atoms with van der Waals surface area (Å²) in [7, 11) is 0. The zero-order valence-corrected chi connectivity index (χ0v) is 18.2. The molecule has 0 spiro atoms. The number of fused-ring (bicyclic) bond motifs is 1. The van der Waals surface area contributed by atoms with Crippen LogP contribution in [0.25, 0.3) is 11.3 Å². The number of rotatable bonds is 6. The molecule has 2 aromatic rings. The van der Waals surface area contributed by atoms with Crippen LogP contribution in [0.15, 0.2) is 24.4 Å². The monoisotopic (exact) mass is 467 g/mol. The predicted molar refractivity (Wildman–Crippen MR) is 115 cm³/mol. The fourth-order valence-electron chi connectivity index (χ4n) is 4.10. The summed E-state index contributed by atoms with van der Waals surface area (Å²) in [4.78, 5) is 22.2. The van der Waals surface area contributed by atoms with Gasteiger partial charge >= 0.3 is 6.09 Å². The second kappa shape index (κ2) is 9.12. The van der Waals surface area contributed by atoms with Gasteiger partial charge in [-0.05, 0) is 24.6 Å². The number of hydrogen-bond donors (Lipinski definition) is 2. The number of hydrogen-bond acceptors (Lipinski definition) is 6. The highest BCUT2D eigenvalue weighted by Gasteiger charge is 2.38. The number of ether oxygens (including phenoxy) is 1. The number of carbonyl (C=O) groups excluding carboxylic acids is 1. The Morgan fingerprint density at radius 2 is 2.09 bits per heavy atom. The molecule has 33 heavy (non-hydrogen) atoms. The van der Waals surface area contributed by atoms with Gasteiger partial charge < -0.3 is 15.0 Å². The van der Waals surface area contributed by atoms with Crippen LogP contribution < -0.4 is 15.5 Å². The average molecular weight is 467 g/mol. The molecule has 2 aliphatic heterocycles. The van der Waals surface area contributed by atoms with Gasteiger partial charge in [-0.15, -0.1) is 0 Å². The number of cyclic esters (lactones) is 1. The fourth-order valence-corrected chi connectivity index (χ4v) is 4.10. The van der Waals surface area contributed by atoms with E-state index in [0.29, 0.717) is 25.5 Å². The summed E-state index contributed by atoms with van der Waals surface area (Å²) in [6.07, 6.45) is -4.23. The molecule has 0 unspecified atom stereocenters. The van der Waals surface area contributed by atoms with Gasteiger partial charge in [-0.3, -0.25) is 5.32 Å². The van der Waals surface area contributed by atoms with Crippen LogP contribution in [0.1, 0.15) is 43.9 Å². The van der Waals surface area contributed by atoms with Crippen LogP contribution in [0.2, 0.25) is 0 Å². The third kappa shape index (κ3) is 4.59. The molecule has 0 aliphatic carbocycles. The first-order valence-electron chi connectivity index (χ1n) is 10.9. The van der Waals surface area contributed by atoms with Crippen molar-refractivity contribution in [1.29, 1.82) is 0 Å².